The standard InChI is InChI=1S/C20H18N2O/c1-22-10-8-15-16(9-11-22)18-12-14(13-21)6-7-20(18)23-19-5-3-2-4-17(15)19/h2-7,12H,8-11H2,1H3. The Kier molecular flexibility index (Phi) is 3.40. The number of nitrogens with zero attached hydrogens (tertiary/aromatic N) is 2. The first-order chi connectivity index (χ1) is 11.3. The van der Waals surface area contributed by atoms with Crippen molar-refractivity contribution in [1.29, 1.82) is 5.26 Å². The lowest BCUT2D eigenvalue weighted by Crippen LogP contribution is -2.19. The summed E-state index contributed by atoms with van der Waals surface area (Å²) in [4.78, 5) is 2.37. The molecule has 2 aromatic carbocycles. The molecule has 2 aliphatic heterocycles. The minimum Gasteiger partial charge on any atom is -0.456 e. The smallest absolute Gasteiger partial charge is 0.135 e. The van der Waals surface area contributed by atoms with Crippen molar-refractivity contribution in [3.63, 3.8) is 0 Å². The molecule has 3 nitrogen and oxygen atoms in total. The summed E-state index contributed by atoms with van der Waals surface area (Å²) < 4.78 is 6.20. The fourth-order valence-electron chi connectivity index (χ4n) is 3.46. The van der Waals surface area contributed by atoms with Crippen molar-refractivity contribution in [3.05, 3.63) is 59.2 Å². The molecule has 23 heavy (non-hydrogen) atoms. The van der Waals surface area contributed by atoms with Gasteiger partial charge in [-0.15, -0.1) is 0 Å². The number of nitriles is 1. The summed E-state index contributed by atoms with van der Waals surface area (Å²) in [5, 5.41) is 9.26. The number of benzene rings is 2. The van der Waals surface area contributed by atoms with Gasteiger partial charge in [-0.3, -0.25) is 0 Å². The lowest BCUT2D eigenvalue weighted by atomic mass is 9.91. The van der Waals surface area contributed by atoms with Crippen molar-refractivity contribution in [2.75, 3.05) is 20.1 Å². The van der Waals surface area contributed by atoms with Crippen LogP contribution in [-0.2, 0) is 0 Å². The highest BCUT2D eigenvalue weighted by Crippen LogP contribution is 2.45. The van der Waals surface area contributed by atoms with E-state index >= 15 is 0 Å². The summed E-state index contributed by atoms with van der Waals surface area (Å²) in [6.07, 6.45) is 1.98. The van der Waals surface area contributed by atoms with E-state index in [9.17, 15) is 5.26 Å². The second-order valence-corrected chi connectivity index (χ2v) is 6.18. The van der Waals surface area contributed by atoms with Gasteiger partial charge in [0, 0.05) is 24.2 Å². The normalized spacial score (nSPS) is 17.0. The van der Waals surface area contributed by atoms with Crippen molar-refractivity contribution in [1.82, 2.24) is 4.90 Å². The van der Waals surface area contributed by atoms with E-state index in [1.165, 1.54) is 16.7 Å². The van der Waals surface area contributed by atoms with Crippen LogP contribution in [0.3, 0.4) is 0 Å². The fraction of sp³-hybridized carbons (Fsp3) is 0.250. The summed E-state index contributed by atoms with van der Waals surface area (Å²) in [7, 11) is 2.17. The molecule has 0 saturated heterocycles. The Hall–Kier alpha value is -2.57. The zero-order chi connectivity index (χ0) is 15.8. The number of ether oxygens (including phenoxy) is 1. The van der Waals surface area contributed by atoms with Gasteiger partial charge in [-0.25, -0.2) is 0 Å². The van der Waals surface area contributed by atoms with E-state index in [-0.39, 0.29) is 0 Å². The number of fused-ring (bicyclic) bond motifs is 4. The van der Waals surface area contributed by atoms with Crippen LogP contribution >= 0.6 is 0 Å². The predicted octanol–water partition coefficient (Wildman–Crippen LogP) is 4.30. The van der Waals surface area contributed by atoms with E-state index in [1.807, 2.05) is 30.3 Å². The maximum absolute atomic E-state index is 9.26. The van der Waals surface area contributed by atoms with Crippen LogP contribution in [-0.4, -0.2) is 25.0 Å². The molecule has 0 bridgehead atoms. The summed E-state index contributed by atoms with van der Waals surface area (Å²) >= 11 is 0. The first-order valence-electron chi connectivity index (χ1n) is 7.98. The molecule has 0 radical (unpaired) electrons. The fourth-order valence-corrected chi connectivity index (χ4v) is 3.46. The van der Waals surface area contributed by atoms with Crippen molar-refractivity contribution < 1.29 is 4.74 Å². The van der Waals surface area contributed by atoms with Crippen LogP contribution in [0.2, 0.25) is 0 Å². The van der Waals surface area contributed by atoms with Gasteiger partial charge in [-0.05, 0) is 55.3 Å². The number of rotatable bonds is 0. The van der Waals surface area contributed by atoms with Crippen molar-refractivity contribution in [2.45, 2.75) is 12.8 Å². The third-order valence-corrected chi connectivity index (χ3v) is 4.72. The van der Waals surface area contributed by atoms with Gasteiger partial charge in [0.2, 0.25) is 0 Å². The van der Waals surface area contributed by atoms with Gasteiger partial charge in [0.15, 0.2) is 0 Å². The van der Waals surface area contributed by atoms with Gasteiger partial charge in [-0.1, -0.05) is 18.2 Å². The Morgan fingerprint density at radius 3 is 2.43 bits per heavy atom. The summed E-state index contributed by atoms with van der Waals surface area (Å²) in [5.74, 6) is 1.76. The molecule has 2 heterocycles. The number of hydrogen-bond acceptors (Lipinski definition) is 3. The third kappa shape index (κ3) is 2.42. The largest absolute Gasteiger partial charge is 0.456 e. The average Bonchev–Trinajstić information content (AvgIpc) is 2.84. The van der Waals surface area contributed by atoms with Crippen LogP contribution in [0.4, 0.5) is 0 Å². The minimum absolute atomic E-state index is 0.683. The van der Waals surface area contributed by atoms with E-state index in [0.717, 1.165) is 43.0 Å². The zero-order valence-electron chi connectivity index (χ0n) is 13.2. The molecule has 114 valence electrons. The average molecular weight is 302 g/mol. The quantitative estimate of drug-likeness (QED) is 0.728. The SMILES string of the molecule is CN1CCC2=C(CC1)c1cc(C#N)ccc1Oc1ccccc12. The topological polar surface area (TPSA) is 36.3 Å². The number of para-hydroxylation sites is 1. The van der Waals surface area contributed by atoms with E-state index in [2.05, 4.69) is 30.1 Å². The van der Waals surface area contributed by atoms with Crippen LogP contribution in [0.5, 0.6) is 11.5 Å². The lowest BCUT2D eigenvalue weighted by Gasteiger charge is -2.15. The number of hydrogen-bond donors (Lipinski definition) is 0. The maximum atomic E-state index is 9.26. The molecule has 3 heteroatoms. The van der Waals surface area contributed by atoms with Gasteiger partial charge in [0.05, 0.1) is 11.6 Å². The van der Waals surface area contributed by atoms with Gasteiger partial charge >= 0.3 is 0 Å². The van der Waals surface area contributed by atoms with Crippen molar-refractivity contribution in [3.8, 4) is 17.6 Å². The molecular weight excluding hydrogens is 284 g/mol. The molecule has 0 spiro atoms. The van der Waals surface area contributed by atoms with Crippen LogP contribution in [0.15, 0.2) is 42.5 Å². The Balaban J connectivity index is 1.98. The molecule has 2 aliphatic rings. The first-order valence-corrected chi connectivity index (χ1v) is 7.98. The zero-order valence-corrected chi connectivity index (χ0v) is 13.2. The van der Waals surface area contributed by atoms with Crippen LogP contribution < -0.4 is 4.74 Å². The Morgan fingerprint density at radius 2 is 1.65 bits per heavy atom. The predicted molar refractivity (Wildman–Crippen MR) is 91.2 cm³/mol. The Bertz CT molecular complexity index is 845. The lowest BCUT2D eigenvalue weighted by molar-refractivity contribution is 0.356. The highest BCUT2D eigenvalue weighted by atomic mass is 16.5. The van der Waals surface area contributed by atoms with Crippen LogP contribution in [0, 0.1) is 11.3 Å². The van der Waals surface area contributed by atoms with Gasteiger partial charge in [-0.2, -0.15) is 5.26 Å². The van der Waals surface area contributed by atoms with Crippen molar-refractivity contribution >= 4 is 11.1 Å². The Labute approximate surface area is 136 Å². The molecule has 0 aliphatic carbocycles. The van der Waals surface area contributed by atoms with Crippen LogP contribution in [0.1, 0.15) is 29.5 Å². The minimum atomic E-state index is 0.683. The highest BCUT2D eigenvalue weighted by molar-refractivity contribution is 5.95. The molecule has 0 fully saturated rings. The summed E-state index contributed by atoms with van der Waals surface area (Å²) in [6.45, 7) is 2.07. The van der Waals surface area contributed by atoms with E-state index < -0.39 is 0 Å². The van der Waals surface area contributed by atoms with Crippen LogP contribution in [0.25, 0.3) is 11.1 Å². The molecule has 0 aromatic heterocycles. The van der Waals surface area contributed by atoms with Gasteiger partial charge in [0.25, 0.3) is 0 Å². The monoisotopic (exact) mass is 302 g/mol. The van der Waals surface area contributed by atoms with E-state index in [0.29, 0.717) is 5.56 Å². The van der Waals surface area contributed by atoms with E-state index in [1.54, 1.807) is 0 Å². The molecular formula is C20H18N2O. The summed E-state index contributed by atoms with van der Waals surface area (Å²) in [5.41, 5.74) is 5.63. The molecule has 0 unspecified atom stereocenters. The third-order valence-electron chi connectivity index (χ3n) is 4.72. The molecule has 0 atom stereocenters. The molecule has 4 rings (SSSR count). The van der Waals surface area contributed by atoms with Gasteiger partial charge < -0.3 is 9.64 Å². The molecule has 0 N–H and O–H groups in total. The highest BCUT2D eigenvalue weighted by Gasteiger charge is 2.25. The van der Waals surface area contributed by atoms with Gasteiger partial charge in [0.1, 0.15) is 11.5 Å². The second-order valence-electron chi connectivity index (χ2n) is 6.18. The second kappa shape index (κ2) is 5.57. The molecule has 2 aromatic rings. The Morgan fingerprint density at radius 1 is 0.957 bits per heavy atom. The molecule has 0 amide bonds. The maximum Gasteiger partial charge on any atom is 0.135 e. The summed E-state index contributed by atoms with van der Waals surface area (Å²) in [6, 6.07) is 16.2. The molecule has 0 saturated carbocycles. The van der Waals surface area contributed by atoms with Crippen molar-refractivity contribution in [2.24, 2.45) is 0 Å². The first kappa shape index (κ1) is 14.0. The van der Waals surface area contributed by atoms with E-state index in [4.69, 9.17) is 4.74 Å².